The normalized spacial score (nSPS) is 11.8. The zero-order valence-electron chi connectivity index (χ0n) is 13.9. The second-order valence-electron chi connectivity index (χ2n) is 6.02. The maximum absolute atomic E-state index is 12.1. The van der Waals surface area contributed by atoms with Crippen LogP contribution in [0.4, 0.5) is 10.6 Å². The molecule has 1 heterocycles. The van der Waals surface area contributed by atoms with Gasteiger partial charge in [0.05, 0.1) is 5.25 Å². The third kappa shape index (κ3) is 5.45. The van der Waals surface area contributed by atoms with Crippen molar-refractivity contribution in [3.63, 3.8) is 0 Å². The maximum Gasteiger partial charge on any atom is 0.321 e. The Hall–Kier alpha value is -2.78. The Morgan fingerprint density at radius 3 is 2.38 bits per heavy atom. The topological polar surface area (TPSA) is 146 Å². The average Bonchev–Trinajstić information content (AvgIpc) is 2.45. The van der Waals surface area contributed by atoms with Gasteiger partial charge in [-0.1, -0.05) is 11.8 Å². The fourth-order valence-corrected chi connectivity index (χ4v) is 2.55. The van der Waals surface area contributed by atoms with E-state index in [1.54, 1.807) is 27.7 Å². The molecule has 0 aliphatic carbocycles. The molecule has 0 unspecified atom stereocenters. The highest BCUT2D eigenvalue weighted by Crippen LogP contribution is 2.24. The predicted octanol–water partition coefficient (Wildman–Crippen LogP) is 0.931. The van der Waals surface area contributed by atoms with E-state index in [-0.39, 0.29) is 16.9 Å². The lowest BCUT2D eigenvalue weighted by Gasteiger charge is -2.21. The summed E-state index contributed by atoms with van der Waals surface area (Å²) in [6, 6.07) is 4.57. The first kappa shape index (κ1) is 19.3. The Morgan fingerprint density at radius 1 is 1.29 bits per heavy atom. The van der Waals surface area contributed by atoms with Gasteiger partial charge < -0.3 is 5.32 Å². The number of hydrogen-bond donors (Lipinski definition) is 3. The van der Waals surface area contributed by atoms with Gasteiger partial charge in [-0.15, -0.1) is 0 Å². The van der Waals surface area contributed by atoms with E-state index in [1.165, 1.54) is 6.07 Å². The number of hydrogen-bond acceptors (Lipinski definition) is 6. The van der Waals surface area contributed by atoms with E-state index < -0.39 is 22.7 Å². The molecular weight excluding hydrogens is 328 g/mol. The number of anilines is 1. The molecular formula is C15H19N6O2S+. The number of carbonyl (C=O) groups is 2. The van der Waals surface area contributed by atoms with Crippen molar-refractivity contribution in [2.45, 2.75) is 43.5 Å². The molecule has 1 aromatic rings. The smallest absolute Gasteiger partial charge is 0.321 e. The van der Waals surface area contributed by atoms with E-state index in [2.05, 4.69) is 15.6 Å². The first-order valence-electron chi connectivity index (χ1n) is 7.03. The van der Waals surface area contributed by atoms with Gasteiger partial charge in [-0.3, -0.25) is 15.8 Å². The molecule has 0 aromatic carbocycles. The van der Waals surface area contributed by atoms with Gasteiger partial charge in [-0.2, -0.15) is 10.5 Å². The number of nitrogens with two attached hydrogens (primary N) is 1. The molecule has 3 amide bonds. The molecule has 9 heteroatoms. The number of carbonyl (C=O) groups excluding carboxylic acids is 2. The Morgan fingerprint density at radius 2 is 1.88 bits per heavy atom. The summed E-state index contributed by atoms with van der Waals surface area (Å²) in [6.45, 7) is 6.97. The standard InChI is InChI=1S/C15H18N6O2S/c1-8(12(22)20-14(23)21-15(2,3)4)24-13-10(7-17)5-9(6-16)11(18)19-13/h5,8H,1-4H3,(H2,18,19)(H2,20,21,22,23)/p+1/t8-/m1/s1. The molecule has 0 saturated heterocycles. The second-order valence-corrected chi connectivity index (χ2v) is 7.37. The van der Waals surface area contributed by atoms with Crippen molar-refractivity contribution in [1.29, 1.82) is 10.5 Å². The Kier molecular flexibility index (Phi) is 6.15. The number of urea groups is 1. The van der Waals surface area contributed by atoms with Crippen LogP contribution in [0, 0.1) is 22.7 Å². The Balaban J connectivity index is 2.85. The van der Waals surface area contributed by atoms with Crippen molar-refractivity contribution < 1.29 is 14.6 Å². The molecule has 24 heavy (non-hydrogen) atoms. The predicted molar refractivity (Wildman–Crippen MR) is 88.6 cm³/mol. The maximum atomic E-state index is 12.1. The van der Waals surface area contributed by atoms with Crippen molar-refractivity contribution >= 4 is 29.5 Å². The molecule has 5 N–H and O–H groups in total. The van der Waals surface area contributed by atoms with Crippen LogP contribution >= 0.6 is 11.8 Å². The van der Waals surface area contributed by atoms with Crippen molar-refractivity contribution in [2.24, 2.45) is 0 Å². The average molecular weight is 347 g/mol. The number of pyridine rings is 1. The van der Waals surface area contributed by atoms with E-state index in [4.69, 9.17) is 16.3 Å². The number of nitrogens with zero attached hydrogens (tertiary/aromatic N) is 2. The minimum absolute atomic E-state index is 0.108. The highest BCUT2D eigenvalue weighted by molar-refractivity contribution is 8.00. The monoisotopic (exact) mass is 347 g/mol. The lowest BCUT2D eigenvalue weighted by Crippen LogP contribution is -2.49. The van der Waals surface area contributed by atoms with Crippen LogP contribution in [0.2, 0.25) is 0 Å². The molecule has 0 bridgehead atoms. The molecule has 126 valence electrons. The molecule has 8 nitrogen and oxygen atoms in total. The number of rotatable bonds is 3. The molecule has 0 spiro atoms. The van der Waals surface area contributed by atoms with Crippen LogP contribution in [-0.2, 0) is 4.79 Å². The summed E-state index contributed by atoms with van der Waals surface area (Å²) in [5.41, 5.74) is 5.57. The first-order valence-corrected chi connectivity index (χ1v) is 7.91. The largest absolute Gasteiger partial charge is 0.333 e. The number of H-pyrrole nitrogens is 1. The van der Waals surface area contributed by atoms with Crippen LogP contribution in [0.15, 0.2) is 11.1 Å². The molecule has 0 fully saturated rings. The quantitative estimate of drug-likeness (QED) is 0.693. The lowest BCUT2D eigenvalue weighted by atomic mass is 10.1. The van der Waals surface area contributed by atoms with Gasteiger partial charge in [-0.25, -0.2) is 9.78 Å². The van der Waals surface area contributed by atoms with Crippen LogP contribution < -0.4 is 21.4 Å². The van der Waals surface area contributed by atoms with Gasteiger partial charge in [0.2, 0.25) is 5.91 Å². The Bertz CT molecular complexity index is 742. The number of thioether (sulfide) groups is 1. The number of aromatic nitrogens is 1. The summed E-state index contributed by atoms with van der Waals surface area (Å²) in [5, 5.41) is 22.6. The van der Waals surface area contributed by atoms with Gasteiger partial charge in [-0.05, 0) is 33.8 Å². The zero-order valence-corrected chi connectivity index (χ0v) is 14.7. The molecule has 0 aliphatic heterocycles. The van der Waals surface area contributed by atoms with Crippen molar-refractivity contribution in [1.82, 2.24) is 10.6 Å². The van der Waals surface area contributed by atoms with Crippen molar-refractivity contribution in [2.75, 3.05) is 5.73 Å². The number of nitriles is 2. The molecule has 0 radical (unpaired) electrons. The number of aromatic amines is 1. The summed E-state index contributed by atoms with van der Waals surface area (Å²) in [6.07, 6.45) is 0. The number of nitrogens with one attached hydrogen (secondary N) is 3. The summed E-state index contributed by atoms with van der Waals surface area (Å²) >= 11 is 1.04. The summed E-state index contributed by atoms with van der Waals surface area (Å²) < 4.78 is 0. The van der Waals surface area contributed by atoms with Gasteiger partial charge >= 0.3 is 6.03 Å². The van der Waals surface area contributed by atoms with Gasteiger partial charge in [0.1, 0.15) is 23.3 Å². The van der Waals surface area contributed by atoms with Gasteiger partial charge in [0, 0.05) is 5.54 Å². The van der Waals surface area contributed by atoms with Gasteiger partial charge in [0.15, 0.2) is 5.03 Å². The van der Waals surface area contributed by atoms with Crippen LogP contribution in [0.5, 0.6) is 0 Å². The van der Waals surface area contributed by atoms with Crippen LogP contribution in [0.25, 0.3) is 0 Å². The molecule has 1 rings (SSSR count). The molecule has 1 aromatic heterocycles. The number of nitrogen functional groups attached to an aromatic ring is 1. The Labute approximate surface area is 144 Å². The summed E-state index contributed by atoms with van der Waals surface area (Å²) in [4.78, 5) is 26.5. The van der Waals surface area contributed by atoms with Crippen molar-refractivity contribution in [3.05, 3.63) is 17.2 Å². The van der Waals surface area contributed by atoms with E-state index in [9.17, 15) is 9.59 Å². The lowest BCUT2D eigenvalue weighted by molar-refractivity contribution is -0.410. The van der Waals surface area contributed by atoms with Crippen LogP contribution in [-0.4, -0.2) is 22.7 Å². The molecule has 1 atom stereocenters. The SMILES string of the molecule is C[C@@H](Sc1[nH+]c(N)c(C#N)cc1C#N)C(=O)NC(=O)NC(C)(C)C. The summed E-state index contributed by atoms with van der Waals surface area (Å²) in [7, 11) is 0. The van der Waals surface area contributed by atoms with Crippen LogP contribution in [0.3, 0.4) is 0 Å². The van der Waals surface area contributed by atoms with Gasteiger partial charge in [0.25, 0.3) is 5.82 Å². The highest BCUT2D eigenvalue weighted by atomic mass is 32.2. The van der Waals surface area contributed by atoms with E-state index in [0.717, 1.165) is 11.8 Å². The van der Waals surface area contributed by atoms with E-state index in [0.29, 0.717) is 5.03 Å². The van der Waals surface area contributed by atoms with Crippen LogP contribution in [0.1, 0.15) is 38.8 Å². The number of imide groups is 1. The van der Waals surface area contributed by atoms with E-state index >= 15 is 0 Å². The van der Waals surface area contributed by atoms with E-state index in [1.807, 2.05) is 12.1 Å². The third-order valence-corrected chi connectivity index (χ3v) is 3.83. The molecule has 0 aliphatic rings. The van der Waals surface area contributed by atoms with Crippen molar-refractivity contribution in [3.8, 4) is 12.1 Å². The fourth-order valence-electron chi connectivity index (χ4n) is 1.63. The third-order valence-electron chi connectivity index (χ3n) is 2.70. The first-order chi connectivity index (χ1) is 11.1. The molecule has 0 saturated carbocycles. The highest BCUT2D eigenvalue weighted by Gasteiger charge is 2.23. The minimum Gasteiger partial charge on any atom is -0.333 e. The minimum atomic E-state index is -0.661. The summed E-state index contributed by atoms with van der Waals surface area (Å²) in [5.74, 6) is -0.404. The second kappa shape index (κ2) is 7.66. The number of amides is 3. The fraction of sp³-hybridized carbons (Fsp3) is 0.400. The zero-order chi connectivity index (χ0) is 18.5.